The smallest absolute Gasteiger partial charge is 0.317 e. The van der Waals surface area contributed by atoms with E-state index in [1.54, 1.807) is 11.8 Å². The number of carbonyl (C=O) groups is 2. The molecule has 17 heavy (non-hydrogen) atoms. The molecule has 1 atom stereocenters. The monoisotopic (exact) mass is 242 g/mol. The van der Waals surface area contributed by atoms with Crippen LogP contribution in [-0.2, 0) is 4.79 Å². The van der Waals surface area contributed by atoms with Crippen molar-refractivity contribution >= 4 is 12.0 Å². The molecule has 5 heteroatoms. The maximum absolute atomic E-state index is 11.9. The van der Waals surface area contributed by atoms with E-state index in [-0.39, 0.29) is 24.5 Å². The molecule has 1 fully saturated rings. The molecule has 1 aliphatic rings. The highest BCUT2D eigenvalue weighted by Crippen LogP contribution is 2.26. The van der Waals surface area contributed by atoms with Gasteiger partial charge in [-0.2, -0.15) is 0 Å². The molecule has 5 nitrogen and oxygen atoms in total. The number of nitrogens with one attached hydrogen (secondary N) is 1. The molecular formula is C12H22N2O3. The summed E-state index contributed by atoms with van der Waals surface area (Å²) in [6, 6.07) is -0.142. The van der Waals surface area contributed by atoms with Crippen LogP contribution in [0, 0.1) is 5.92 Å². The Hall–Kier alpha value is -1.26. The van der Waals surface area contributed by atoms with Gasteiger partial charge in [0, 0.05) is 18.6 Å². The van der Waals surface area contributed by atoms with Crippen molar-refractivity contribution in [2.45, 2.75) is 52.1 Å². The van der Waals surface area contributed by atoms with Crippen molar-refractivity contribution in [3.63, 3.8) is 0 Å². The van der Waals surface area contributed by atoms with Gasteiger partial charge in [0.25, 0.3) is 0 Å². The van der Waals surface area contributed by atoms with Crippen LogP contribution in [0.1, 0.15) is 40.0 Å². The summed E-state index contributed by atoms with van der Waals surface area (Å²) in [5.74, 6) is -0.187. The van der Waals surface area contributed by atoms with Gasteiger partial charge in [0.05, 0.1) is 6.42 Å². The first-order chi connectivity index (χ1) is 7.93. The lowest BCUT2D eigenvalue weighted by Gasteiger charge is -2.36. The number of urea groups is 1. The molecule has 0 bridgehead atoms. The van der Waals surface area contributed by atoms with E-state index in [1.807, 2.05) is 6.92 Å². The summed E-state index contributed by atoms with van der Waals surface area (Å²) in [6.45, 7) is 6.32. The second-order valence-corrected chi connectivity index (χ2v) is 4.96. The molecule has 2 amide bonds. The van der Waals surface area contributed by atoms with Crippen molar-refractivity contribution in [1.82, 2.24) is 10.2 Å². The fourth-order valence-electron chi connectivity index (χ4n) is 2.30. The fourth-order valence-corrected chi connectivity index (χ4v) is 2.30. The van der Waals surface area contributed by atoms with Gasteiger partial charge in [-0.3, -0.25) is 4.79 Å². The lowest BCUT2D eigenvalue weighted by atomic mass is 9.82. The van der Waals surface area contributed by atoms with Crippen molar-refractivity contribution in [3.8, 4) is 0 Å². The number of carbonyl (C=O) groups excluding carboxylic acids is 1. The Balaban J connectivity index is 2.42. The van der Waals surface area contributed by atoms with Gasteiger partial charge in [0.1, 0.15) is 0 Å². The van der Waals surface area contributed by atoms with Crippen molar-refractivity contribution in [3.05, 3.63) is 0 Å². The molecule has 0 spiro atoms. The van der Waals surface area contributed by atoms with Crippen molar-refractivity contribution in [2.24, 2.45) is 5.92 Å². The SMILES string of the molecule is CCN(C(=O)NC1CC(C)C1)C(C)CC(=O)O. The Labute approximate surface area is 102 Å². The first kappa shape index (κ1) is 13.8. The van der Waals surface area contributed by atoms with Gasteiger partial charge < -0.3 is 15.3 Å². The zero-order valence-electron chi connectivity index (χ0n) is 10.8. The van der Waals surface area contributed by atoms with Gasteiger partial charge in [0.15, 0.2) is 0 Å². The summed E-state index contributed by atoms with van der Waals surface area (Å²) in [5, 5.41) is 11.7. The minimum absolute atomic E-state index is 0.0116. The number of hydrogen-bond donors (Lipinski definition) is 2. The zero-order chi connectivity index (χ0) is 13.0. The number of hydrogen-bond acceptors (Lipinski definition) is 2. The van der Waals surface area contributed by atoms with Gasteiger partial charge in [-0.25, -0.2) is 4.79 Å². The van der Waals surface area contributed by atoms with Crippen LogP contribution >= 0.6 is 0 Å². The number of carboxylic acids is 1. The number of amides is 2. The molecular weight excluding hydrogens is 220 g/mol. The van der Waals surface area contributed by atoms with Crippen molar-refractivity contribution in [1.29, 1.82) is 0 Å². The average molecular weight is 242 g/mol. The third kappa shape index (κ3) is 3.91. The Bertz CT molecular complexity index is 287. The van der Waals surface area contributed by atoms with Crippen LogP contribution < -0.4 is 5.32 Å². The van der Waals surface area contributed by atoms with E-state index in [0.29, 0.717) is 12.5 Å². The van der Waals surface area contributed by atoms with Crippen LogP contribution in [-0.4, -0.2) is 40.6 Å². The van der Waals surface area contributed by atoms with E-state index < -0.39 is 5.97 Å². The van der Waals surface area contributed by atoms with Gasteiger partial charge in [0.2, 0.25) is 0 Å². The second kappa shape index (κ2) is 5.89. The number of aliphatic carboxylic acids is 1. The molecule has 0 aromatic rings. The van der Waals surface area contributed by atoms with E-state index in [0.717, 1.165) is 12.8 Å². The van der Waals surface area contributed by atoms with Gasteiger partial charge in [-0.15, -0.1) is 0 Å². The van der Waals surface area contributed by atoms with Crippen LogP contribution in [0.3, 0.4) is 0 Å². The van der Waals surface area contributed by atoms with E-state index >= 15 is 0 Å². The molecule has 0 aliphatic heterocycles. The van der Waals surface area contributed by atoms with Gasteiger partial charge in [-0.05, 0) is 32.6 Å². The van der Waals surface area contributed by atoms with Crippen LogP contribution in [0.15, 0.2) is 0 Å². The van der Waals surface area contributed by atoms with Crippen molar-refractivity contribution < 1.29 is 14.7 Å². The van der Waals surface area contributed by atoms with Crippen LogP contribution in [0.4, 0.5) is 4.79 Å². The summed E-state index contributed by atoms with van der Waals surface area (Å²) in [6.07, 6.45) is 2.04. The predicted molar refractivity (Wildman–Crippen MR) is 64.8 cm³/mol. The molecule has 1 saturated carbocycles. The predicted octanol–water partition coefficient (Wildman–Crippen LogP) is 1.68. The maximum Gasteiger partial charge on any atom is 0.317 e. The summed E-state index contributed by atoms with van der Waals surface area (Å²) >= 11 is 0. The Kier molecular flexibility index (Phi) is 4.78. The molecule has 98 valence electrons. The van der Waals surface area contributed by atoms with E-state index in [1.165, 1.54) is 0 Å². The van der Waals surface area contributed by atoms with Crippen LogP contribution in [0.5, 0.6) is 0 Å². The molecule has 1 unspecified atom stereocenters. The number of carboxylic acid groups (broad SMARTS) is 1. The highest BCUT2D eigenvalue weighted by molar-refractivity contribution is 5.76. The first-order valence-corrected chi connectivity index (χ1v) is 6.23. The molecule has 2 N–H and O–H groups in total. The van der Waals surface area contributed by atoms with Crippen LogP contribution in [0.25, 0.3) is 0 Å². The largest absolute Gasteiger partial charge is 0.481 e. The van der Waals surface area contributed by atoms with E-state index in [2.05, 4.69) is 12.2 Å². The highest BCUT2D eigenvalue weighted by Gasteiger charge is 2.29. The zero-order valence-corrected chi connectivity index (χ0v) is 10.8. The van der Waals surface area contributed by atoms with Gasteiger partial charge >= 0.3 is 12.0 Å². The topological polar surface area (TPSA) is 69.6 Å². The Morgan fingerprint density at radius 2 is 2.06 bits per heavy atom. The van der Waals surface area contributed by atoms with Gasteiger partial charge in [-0.1, -0.05) is 6.92 Å². The number of nitrogens with zero attached hydrogens (tertiary/aromatic N) is 1. The average Bonchev–Trinajstić information content (AvgIpc) is 2.15. The quantitative estimate of drug-likeness (QED) is 0.770. The first-order valence-electron chi connectivity index (χ1n) is 6.23. The molecule has 0 saturated heterocycles. The molecule has 0 aromatic carbocycles. The molecule has 0 aromatic heterocycles. The summed E-state index contributed by atoms with van der Waals surface area (Å²) in [5.41, 5.74) is 0. The van der Waals surface area contributed by atoms with E-state index in [4.69, 9.17) is 5.11 Å². The van der Waals surface area contributed by atoms with E-state index in [9.17, 15) is 9.59 Å². The second-order valence-electron chi connectivity index (χ2n) is 4.96. The lowest BCUT2D eigenvalue weighted by Crippen LogP contribution is -2.52. The normalized spacial score (nSPS) is 24.6. The Morgan fingerprint density at radius 3 is 2.47 bits per heavy atom. The van der Waals surface area contributed by atoms with Crippen molar-refractivity contribution in [2.75, 3.05) is 6.54 Å². The maximum atomic E-state index is 11.9. The minimum Gasteiger partial charge on any atom is -0.481 e. The highest BCUT2D eigenvalue weighted by atomic mass is 16.4. The summed E-state index contributed by atoms with van der Waals surface area (Å²) < 4.78 is 0. The third-order valence-corrected chi connectivity index (χ3v) is 3.31. The molecule has 0 heterocycles. The fraction of sp³-hybridized carbons (Fsp3) is 0.833. The minimum atomic E-state index is -0.874. The summed E-state index contributed by atoms with van der Waals surface area (Å²) in [7, 11) is 0. The molecule has 1 rings (SSSR count). The molecule has 1 aliphatic carbocycles. The Morgan fingerprint density at radius 1 is 1.47 bits per heavy atom. The van der Waals surface area contributed by atoms with Crippen LogP contribution in [0.2, 0.25) is 0 Å². The third-order valence-electron chi connectivity index (χ3n) is 3.31. The molecule has 0 radical (unpaired) electrons. The summed E-state index contributed by atoms with van der Waals surface area (Å²) in [4.78, 5) is 24.1. The lowest BCUT2D eigenvalue weighted by molar-refractivity contribution is -0.138. The standard InChI is InChI=1S/C12H22N2O3/c1-4-14(9(3)7-11(15)16)12(17)13-10-5-8(2)6-10/h8-10H,4-7H2,1-3H3,(H,13,17)(H,15,16). The number of rotatable bonds is 5.